The van der Waals surface area contributed by atoms with Gasteiger partial charge in [-0.05, 0) is 37.6 Å². The largest absolute Gasteiger partial charge is 0.329 e. The average Bonchev–Trinajstić information content (AvgIpc) is 2.84. The predicted octanol–water partition coefficient (Wildman–Crippen LogP) is 2.67. The molecule has 1 saturated carbocycles. The summed E-state index contributed by atoms with van der Waals surface area (Å²) in [6.45, 7) is 1.22. The molecule has 0 spiro atoms. The van der Waals surface area contributed by atoms with Crippen molar-refractivity contribution in [1.82, 2.24) is 4.90 Å². The average molecular weight is 254 g/mol. The van der Waals surface area contributed by atoms with Crippen molar-refractivity contribution in [1.29, 1.82) is 0 Å². The molecule has 0 aliphatic heterocycles. The predicted molar refractivity (Wildman–Crippen MR) is 68.1 cm³/mol. The first-order valence-corrected chi connectivity index (χ1v) is 6.43. The van der Waals surface area contributed by atoms with Gasteiger partial charge in [-0.3, -0.25) is 4.90 Å². The summed E-state index contributed by atoms with van der Waals surface area (Å²) < 4.78 is 26.0. The van der Waals surface area contributed by atoms with Gasteiger partial charge in [-0.25, -0.2) is 8.78 Å². The first-order valence-electron chi connectivity index (χ1n) is 6.43. The van der Waals surface area contributed by atoms with Gasteiger partial charge < -0.3 is 5.73 Å². The quantitative estimate of drug-likeness (QED) is 0.895. The Balaban J connectivity index is 2.10. The van der Waals surface area contributed by atoms with E-state index in [1.165, 1.54) is 25.0 Å². The molecular formula is C14H20F2N2. The highest BCUT2D eigenvalue weighted by molar-refractivity contribution is 5.18. The normalized spacial score (nSPS) is 18.5. The first kappa shape index (κ1) is 13.4. The Morgan fingerprint density at radius 2 is 1.89 bits per heavy atom. The Hall–Kier alpha value is -1.00. The number of hydrogen-bond donors (Lipinski definition) is 1. The van der Waals surface area contributed by atoms with E-state index in [9.17, 15) is 8.78 Å². The van der Waals surface area contributed by atoms with Crippen LogP contribution in [0.2, 0.25) is 0 Å². The lowest BCUT2D eigenvalue weighted by molar-refractivity contribution is 0.124. The first-order chi connectivity index (χ1) is 8.57. The fraction of sp³-hybridized carbons (Fsp3) is 0.571. The van der Waals surface area contributed by atoms with E-state index in [1.807, 2.05) is 7.05 Å². The van der Waals surface area contributed by atoms with Crippen molar-refractivity contribution in [3.63, 3.8) is 0 Å². The highest BCUT2D eigenvalue weighted by atomic mass is 19.2. The third-order valence-electron chi connectivity index (χ3n) is 4.13. The molecule has 1 aromatic carbocycles. The van der Waals surface area contributed by atoms with Crippen LogP contribution in [0.3, 0.4) is 0 Å². The molecular weight excluding hydrogens is 234 g/mol. The summed E-state index contributed by atoms with van der Waals surface area (Å²) >= 11 is 0. The summed E-state index contributed by atoms with van der Waals surface area (Å²) in [5, 5.41) is 0. The van der Waals surface area contributed by atoms with Crippen molar-refractivity contribution >= 4 is 0 Å². The van der Waals surface area contributed by atoms with E-state index >= 15 is 0 Å². The van der Waals surface area contributed by atoms with Gasteiger partial charge >= 0.3 is 0 Å². The molecule has 0 bridgehead atoms. The van der Waals surface area contributed by atoms with Gasteiger partial charge in [0.1, 0.15) is 0 Å². The Bertz CT molecular complexity index is 414. The standard InChI is InChI=1S/C14H20F2N2/c1-18(14(10-17)6-2-3-7-14)9-11-4-5-12(15)13(16)8-11/h4-5,8H,2-3,6-7,9-10,17H2,1H3. The molecule has 18 heavy (non-hydrogen) atoms. The maximum Gasteiger partial charge on any atom is 0.159 e. The number of hydrogen-bond acceptors (Lipinski definition) is 2. The monoisotopic (exact) mass is 254 g/mol. The molecule has 0 aromatic heterocycles. The summed E-state index contributed by atoms with van der Waals surface area (Å²) in [6.07, 6.45) is 4.56. The zero-order valence-electron chi connectivity index (χ0n) is 10.8. The van der Waals surface area contributed by atoms with E-state index in [0.717, 1.165) is 18.4 Å². The molecule has 0 atom stereocenters. The van der Waals surface area contributed by atoms with Gasteiger partial charge in [0.25, 0.3) is 0 Å². The van der Waals surface area contributed by atoms with Crippen LogP contribution in [0, 0.1) is 11.6 Å². The molecule has 0 saturated heterocycles. The minimum Gasteiger partial charge on any atom is -0.329 e. The molecule has 0 heterocycles. The molecule has 100 valence electrons. The second-order valence-electron chi connectivity index (χ2n) is 5.24. The Morgan fingerprint density at radius 1 is 1.22 bits per heavy atom. The number of rotatable bonds is 4. The summed E-state index contributed by atoms with van der Waals surface area (Å²) in [4.78, 5) is 2.19. The van der Waals surface area contributed by atoms with Crippen molar-refractivity contribution in [2.75, 3.05) is 13.6 Å². The van der Waals surface area contributed by atoms with Crippen molar-refractivity contribution in [3.8, 4) is 0 Å². The van der Waals surface area contributed by atoms with E-state index < -0.39 is 11.6 Å². The molecule has 1 aliphatic rings. The number of likely N-dealkylation sites (N-methyl/N-ethyl adjacent to an activating group) is 1. The van der Waals surface area contributed by atoms with Crippen LogP contribution in [0.15, 0.2) is 18.2 Å². The van der Waals surface area contributed by atoms with Crippen molar-refractivity contribution in [3.05, 3.63) is 35.4 Å². The van der Waals surface area contributed by atoms with Crippen LogP contribution in [0.25, 0.3) is 0 Å². The zero-order valence-corrected chi connectivity index (χ0v) is 10.8. The van der Waals surface area contributed by atoms with Crippen LogP contribution < -0.4 is 5.73 Å². The second-order valence-corrected chi connectivity index (χ2v) is 5.24. The minimum atomic E-state index is -0.796. The highest BCUT2D eigenvalue weighted by Crippen LogP contribution is 2.34. The molecule has 2 rings (SSSR count). The van der Waals surface area contributed by atoms with Crippen LogP contribution in [0.1, 0.15) is 31.2 Å². The second kappa shape index (κ2) is 5.33. The van der Waals surface area contributed by atoms with Gasteiger partial charge in [0.05, 0.1) is 0 Å². The fourth-order valence-electron chi connectivity index (χ4n) is 2.85. The Morgan fingerprint density at radius 3 is 2.44 bits per heavy atom. The number of nitrogens with two attached hydrogens (primary N) is 1. The fourth-order valence-corrected chi connectivity index (χ4v) is 2.85. The molecule has 2 N–H and O–H groups in total. The van der Waals surface area contributed by atoms with Gasteiger partial charge in [-0.15, -0.1) is 0 Å². The lowest BCUT2D eigenvalue weighted by atomic mass is 9.95. The molecule has 2 nitrogen and oxygen atoms in total. The lowest BCUT2D eigenvalue weighted by Gasteiger charge is -2.38. The van der Waals surface area contributed by atoms with Crippen LogP contribution in [0.4, 0.5) is 8.78 Å². The van der Waals surface area contributed by atoms with Gasteiger partial charge in [0, 0.05) is 18.6 Å². The molecule has 0 radical (unpaired) electrons. The topological polar surface area (TPSA) is 29.3 Å². The van der Waals surface area contributed by atoms with E-state index in [-0.39, 0.29) is 5.54 Å². The van der Waals surface area contributed by atoms with Crippen molar-refractivity contribution < 1.29 is 8.78 Å². The van der Waals surface area contributed by atoms with Crippen LogP contribution in [0.5, 0.6) is 0 Å². The van der Waals surface area contributed by atoms with Crippen LogP contribution >= 0.6 is 0 Å². The Labute approximate surface area is 107 Å². The van der Waals surface area contributed by atoms with E-state index in [2.05, 4.69) is 4.90 Å². The molecule has 0 unspecified atom stereocenters. The lowest BCUT2D eigenvalue weighted by Crippen LogP contribution is -2.49. The summed E-state index contributed by atoms with van der Waals surface area (Å²) in [5.74, 6) is -1.58. The number of nitrogens with zero attached hydrogens (tertiary/aromatic N) is 1. The molecule has 1 aromatic rings. The summed E-state index contributed by atoms with van der Waals surface area (Å²) in [7, 11) is 2.01. The van der Waals surface area contributed by atoms with E-state index in [0.29, 0.717) is 13.1 Å². The maximum atomic E-state index is 13.2. The van der Waals surface area contributed by atoms with E-state index in [4.69, 9.17) is 5.73 Å². The third kappa shape index (κ3) is 2.54. The molecule has 4 heteroatoms. The van der Waals surface area contributed by atoms with Crippen molar-refractivity contribution in [2.45, 2.75) is 37.8 Å². The van der Waals surface area contributed by atoms with Crippen LogP contribution in [-0.4, -0.2) is 24.0 Å². The molecule has 1 aliphatic carbocycles. The minimum absolute atomic E-state index is 0.0326. The van der Waals surface area contributed by atoms with Crippen LogP contribution in [-0.2, 0) is 6.54 Å². The number of benzene rings is 1. The molecule has 1 fully saturated rings. The van der Waals surface area contributed by atoms with Gasteiger partial charge in [0.15, 0.2) is 11.6 Å². The van der Waals surface area contributed by atoms with Gasteiger partial charge in [0.2, 0.25) is 0 Å². The number of halogens is 2. The Kier molecular flexibility index (Phi) is 3.97. The van der Waals surface area contributed by atoms with Gasteiger partial charge in [-0.1, -0.05) is 18.9 Å². The van der Waals surface area contributed by atoms with Gasteiger partial charge in [-0.2, -0.15) is 0 Å². The van der Waals surface area contributed by atoms with E-state index in [1.54, 1.807) is 6.07 Å². The highest BCUT2D eigenvalue weighted by Gasteiger charge is 2.36. The summed E-state index contributed by atoms with van der Waals surface area (Å²) in [6, 6.07) is 4.08. The molecule has 0 amide bonds. The maximum absolute atomic E-state index is 13.2. The SMILES string of the molecule is CN(Cc1ccc(F)c(F)c1)C1(CN)CCCC1. The summed E-state index contributed by atoms with van der Waals surface area (Å²) in [5.41, 5.74) is 6.72. The zero-order chi connectivity index (χ0) is 13.2. The smallest absolute Gasteiger partial charge is 0.159 e. The third-order valence-corrected chi connectivity index (χ3v) is 4.13. The van der Waals surface area contributed by atoms with Crippen molar-refractivity contribution in [2.24, 2.45) is 5.73 Å².